The van der Waals surface area contributed by atoms with Crippen LogP contribution in [-0.2, 0) is 20.6 Å². The molecule has 3 atom stereocenters. The van der Waals surface area contributed by atoms with Gasteiger partial charge in [0.25, 0.3) is 5.69 Å². The molecule has 0 aliphatic carbocycles. The van der Waals surface area contributed by atoms with Gasteiger partial charge in [-0.2, -0.15) is 0 Å². The number of non-ortho nitro benzene ring substituents is 1. The number of rotatable bonds is 6. The highest BCUT2D eigenvalue weighted by Gasteiger charge is 2.50. The van der Waals surface area contributed by atoms with Crippen molar-refractivity contribution in [1.29, 1.82) is 0 Å². The lowest BCUT2D eigenvalue weighted by atomic mass is 9.93. The zero-order valence-corrected chi connectivity index (χ0v) is 20.7. The molecule has 0 bridgehead atoms. The van der Waals surface area contributed by atoms with Crippen LogP contribution in [0.15, 0.2) is 24.3 Å². The fourth-order valence-electron chi connectivity index (χ4n) is 3.95. The van der Waals surface area contributed by atoms with E-state index in [4.69, 9.17) is 9.16 Å². The molecule has 2 amide bonds. The molecule has 0 saturated carbocycles. The zero-order chi connectivity index (χ0) is 23.8. The van der Waals surface area contributed by atoms with Crippen molar-refractivity contribution < 1.29 is 23.7 Å². The summed E-state index contributed by atoms with van der Waals surface area (Å²) >= 11 is 0. The van der Waals surface area contributed by atoms with Crippen LogP contribution in [-0.4, -0.2) is 66.8 Å². The molecule has 176 valence electrons. The molecule has 1 unspecified atom stereocenters. The van der Waals surface area contributed by atoms with Crippen molar-refractivity contribution in [3.63, 3.8) is 0 Å². The number of ether oxygens (including phenoxy) is 1. The third kappa shape index (κ3) is 4.96. The highest BCUT2D eigenvalue weighted by Crippen LogP contribution is 2.40. The number of likely N-dealkylation sites (tertiary alicyclic amines) is 2. The molecule has 3 rings (SSSR count). The Morgan fingerprint density at radius 2 is 1.84 bits per heavy atom. The Morgan fingerprint density at radius 3 is 2.34 bits per heavy atom. The first-order chi connectivity index (χ1) is 14.8. The normalized spacial score (nSPS) is 23.8. The van der Waals surface area contributed by atoms with Gasteiger partial charge < -0.3 is 19.0 Å². The number of carbonyl (C=O) groups is 2. The SMILES string of the molecule is CN1C(=O)CC1[C@@H]1C[C@@H](O[Si](C)(C)C(C)(C)C)CN1C(=O)OCc1ccc([N+](=O)[O-])cc1. The summed E-state index contributed by atoms with van der Waals surface area (Å²) in [7, 11) is -0.259. The smallest absolute Gasteiger partial charge is 0.410 e. The predicted molar refractivity (Wildman–Crippen MR) is 122 cm³/mol. The second-order valence-corrected chi connectivity index (χ2v) is 15.0. The van der Waals surface area contributed by atoms with E-state index < -0.39 is 19.3 Å². The monoisotopic (exact) mass is 463 g/mol. The Balaban J connectivity index is 1.68. The van der Waals surface area contributed by atoms with Crippen molar-refractivity contribution in [3.8, 4) is 0 Å². The Hall–Kier alpha value is -2.46. The molecule has 9 nitrogen and oxygen atoms in total. The molecule has 10 heteroatoms. The number of nitro groups is 1. The number of β-lactam (4-membered cyclic amide) rings is 1. The van der Waals surface area contributed by atoms with E-state index in [1.165, 1.54) is 12.1 Å². The van der Waals surface area contributed by atoms with Crippen LogP contribution in [0.3, 0.4) is 0 Å². The fourth-order valence-corrected chi connectivity index (χ4v) is 5.31. The van der Waals surface area contributed by atoms with Crippen molar-refractivity contribution in [2.24, 2.45) is 0 Å². The second kappa shape index (κ2) is 8.82. The molecule has 0 N–H and O–H groups in total. The molecule has 0 radical (unpaired) electrons. The lowest BCUT2D eigenvalue weighted by molar-refractivity contribution is -0.384. The average molecular weight is 464 g/mol. The van der Waals surface area contributed by atoms with E-state index in [1.54, 1.807) is 29.0 Å². The zero-order valence-electron chi connectivity index (χ0n) is 19.7. The number of nitro benzene ring substituents is 1. The Morgan fingerprint density at radius 1 is 1.22 bits per heavy atom. The minimum Gasteiger partial charge on any atom is -0.445 e. The van der Waals surface area contributed by atoms with Crippen LogP contribution in [0, 0.1) is 10.1 Å². The third-order valence-corrected chi connectivity index (χ3v) is 11.6. The Kier molecular flexibility index (Phi) is 6.66. The minimum absolute atomic E-state index is 0.0111. The van der Waals surface area contributed by atoms with Gasteiger partial charge in [-0.15, -0.1) is 0 Å². The van der Waals surface area contributed by atoms with Gasteiger partial charge in [0, 0.05) is 32.1 Å². The molecule has 2 aliphatic rings. The maximum Gasteiger partial charge on any atom is 0.410 e. The summed E-state index contributed by atoms with van der Waals surface area (Å²) in [5.74, 6) is 0.0722. The van der Waals surface area contributed by atoms with E-state index in [1.807, 2.05) is 0 Å². The molecule has 32 heavy (non-hydrogen) atoms. The van der Waals surface area contributed by atoms with E-state index in [9.17, 15) is 19.7 Å². The predicted octanol–water partition coefficient (Wildman–Crippen LogP) is 3.93. The van der Waals surface area contributed by atoms with Crippen molar-refractivity contribution in [1.82, 2.24) is 9.80 Å². The van der Waals surface area contributed by atoms with Crippen molar-refractivity contribution in [2.75, 3.05) is 13.6 Å². The molecule has 2 saturated heterocycles. The van der Waals surface area contributed by atoms with Gasteiger partial charge in [0.05, 0.1) is 23.1 Å². The lowest BCUT2D eigenvalue weighted by Crippen LogP contribution is -2.59. The second-order valence-electron chi connectivity index (χ2n) is 10.2. The number of carbonyl (C=O) groups excluding carboxylic acids is 2. The number of likely N-dealkylation sites (N-methyl/N-ethyl adjacent to an activating group) is 1. The molecule has 2 aliphatic heterocycles. The van der Waals surface area contributed by atoms with Crippen LogP contribution in [0.1, 0.15) is 39.2 Å². The van der Waals surface area contributed by atoms with E-state index in [2.05, 4.69) is 33.9 Å². The Labute approximate surface area is 189 Å². The molecule has 0 spiro atoms. The first kappa shape index (κ1) is 24.2. The third-order valence-electron chi connectivity index (χ3n) is 7.04. The summed E-state index contributed by atoms with van der Waals surface area (Å²) in [6.07, 6.45) is 0.529. The Bertz CT molecular complexity index is 883. The topological polar surface area (TPSA) is 102 Å². The molecular formula is C22H33N3O6Si. The first-order valence-electron chi connectivity index (χ1n) is 10.9. The number of amides is 2. The number of hydrogen-bond acceptors (Lipinski definition) is 6. The summed E-state index contributed by atoms with van der Waals surface area (Å²) < 4.78 is 12.1. The molecular weight excluding hydrogens is 430 g/mol. The summed E-state index contributed by atoms with van der Waals surface area (Å²) in [6.45, 7) is 11.4. The van der Waals surface area contributed by atoms with Gasteiger partial charge in [0.15, 0.2) is 8.32 Å². The summed E-state index contributed by atoms with van der Waals surface area (Å²) in [4.78, 5) is 38.5. The average Bonchev–Trinajstić information content (AvgIpc) is 3.11. The summed E-state index contributed by atoms with van der Waals surface area (Å²) in [6, 6.07) is 5.74. The summed E-state index contributed by atoms with van der Waals surface area (Å²) in [5, 5.41) is 10.9. The number of nitrogens with zero attached hydrogens (tertiary/aromatic N) is 3. The minimum atomic E-state index is -2.02. The molecule has 2 heterocycles. The highest BCUT2D eigenvalue weighted by atomic mass is 28.4. The quantitative estimate of drug-likeness (QED) is 0.274. The largest absolute Gasteiger partial charge is 0.445 e. The first-order valence-corrected chi connectivity index (χ1v) is 13.8. The van der Waals surface area contributed by atoms with Gasteiger partial charge in [-0.25, -0.2) is 4.79 Å². The van der Waals surface area contributed by atoms with Gasteiger partial charge in [-0.1, -0.05) is 20.8 Å². The van der Waals surface area contributed by atoms with Crippen molar-refractivity contribution >= 4 is 26.0 Å². The van der Waals surface area contributed by atoms with Crippen LogP contribution in [0.2, 0.25) is 18.1 Å². The molecule has 2 fully saturated rings. The maximum absolute atomic E-state index is 13.0. The van der Waals surface area contributed by atoms with Gasteiger partial charge in [0.1, 0.15) is 6.61 Å². The van der Waals surface area contributed by atoms with Crippen LogP contribution in [0.25, 0.3) is 0 Å². The van der Waals surface area contributed by atoms with E-state index >= 15 is 0 Å². The van der Waals surface area contributed by atoms with Crippen LogP contribution < -0.4 is 0 Å². The van der Waals surface area contributed by atoms with E-state index in [0.717, 1.165) is 0 Å². The molecule has 1 aromatic carbocycles. The van der Waals surface area contributed by atoms with E-state index in [-0.39, 0.29) is 41.4 Å². The van der Waals surface area contributed by atoms with Gasteiger partial charge >= 0.3 is 6.09 Å². The van der Waals surface area contributed by atoms with Crippen molar-refractivity contribution in [2.45, 2.75) is 76.5 Å². The number of benzene rings is 1. The number of hydrogen-bond donors (Lipinski definition) is 0. The van der Waals surface area contributed by atoms with Crippen molar-refractivity contribution in [3.05, 3.63) is 39.9 Å². The fraction of sp³-hybridized carbons (Fsp3) is 0.636. The lowest BCUT2D eigenvalue weighted by Gasteiger charge is -2.43. The van der Waals surface area contributed by atoms with Gasteiger partial charge in [0.2, 0.25) is 5.91 Å². The summed E-state index contributed by atoms with van der Waals surface area (Å²) in [5.41, 5.74) is 0.660. The highest BCUT2D eigenvalue weighted by molar-refractivity contribution is 6.74. The van der Waals surface area contributed by atoms with Crippen LogP contribution in [0.4, 0.5) is 10.5 Å². The standard InChI is InChI=1S/C22H33N3O6Si/c1-22(2,3)32(5,6)31-17-11-19(18-12-20(26)23(18)4)24(13-17)21(27)30-14-15-7-9-16(10-8-15)25(28)29/h7-10,17-19H,11-14H2,1-6H3/t17-,18?,19+/m1/s1. The van der Waals surface area contributed by atoms with E-state index in [0.29, 0.717) is 24.9 Å². The van der Waals surface area contributed by atoms with Gasteiger partial charge in [-0.05, 0) is 42.2 Å². The van der Waals surface area contributed by atoms with Crippen LogP contribution >= 0.6 is 0 Å². The molecule has 0 aromatic heterocycles. The maximum atomic E-state index is 13.0. The van der Waals surface area contributed by atoms with Gasteiger partial charge in [-0.3, -0.25) is 14.9 Å². The van der Waals surface area contributed by atoms with Crippen LogP contribution in [0.5, 0.6) is 0 Å². The molecule has 1 aromatic rings.